The lowest BCUT2D eigenvalue weighted by Gasteiger charge is -2.64. The number of carboxylic acid groups (broad SMARTS) is 1. The van der Waals surface area contributed by atoms with E-state index in [4.69, 9.17) is 9.84 Å². The number of carbonyl (C=O) groups is 2. The summed E-state index contributed by atoms with van der Waals surface area (Å²) in [4.78, 5) is 24.2. The molecule has 9 heteroatoms. The molecule has 11 atom stereocenters. The summed E-state index contributed by atoms with van der Waals surface area (Å²) >= 11 is 0. The summed E-state index contributed by atoms with van der Waals surface area (Å²) in [5.74, 6) is -1.34. The van der Waals surface area contributed by atoms with Crippen LogP contribution in [0.3, 0.4) is 0 Å². The van der Waals surface area contributed by atoms with Gasteiger partial charge in [-0.3, -0.25) is 9.59 Å². The van der Waals surface area contributed by atoms with Gasteiger partial charge in [-0.25, -0.2) is 0 Å². The summed E-state index contributed by atoms with van der Waals surface area (Å²) in [6.45, 7) is 17.6. The first-order valence-corrected chi connectivity index (χ1v) is 17.0. The van der Waals surface area contributed by atoms with Gasteiger partial charge in [0.15, 0.2) is 0 Å². The molecule has 6 N–H and O–H groups in total. The van der Waals surface area contributed by atoms with Crippen LogP contribution in [0.2, 0.25) is 0 Å². The third kappa shape index (κ3) is 6.14. The van der Waals surface area contributed by atoms with Crippen LogP contribution in [0, 0.1) is 39.4 Å². The zero-order valence-electron chi connectivity index (χ0n) is 29.0. The van der Waals surface area contributed by atoms with Crippen molar-refractivity contribution in [3.63, 3.8) is 0 Å². The number of esters is 1. The van der Waals surface area contributed by atoms with Gasteiger partial charge in [0.2, 0.25) is 0 Å². The fraction of sp³-hybridized carbons (Fsp3) is 0.889. The van der Waals surface area contributed by atoms with E-state index in [1.165, 1.54) is 18.1 Å². The Kier molecular flexibility index (Phi) is 9.58. The van der Waals surface area contributed by atoms with E-state index in [1.807, 2.05) is 13.8 Å². The predicted octanol–water partition coefficient (Wildman–Crippen LogP) is 4.75. The Morgan fingerprint density at radius 2 is 1.60 bits per heavy atom. The molecule has 0 spiro atoms. The molecule has 0 amide bonds. The van der Waals surface area contributed by atoms with Crippen molar-refractivity contribution in [3.05, 3.63) is 11.1 Å². The Morgan fingerprint density at radius 1 is 0.978 bits per heavy atom. The quantitative estimate of drug-likeness (QED) is 0.147. The van der Waals surface area contributed by atoms with Crippen LogP contribution in [-0.4, -0.2) is 78.2 Å². The largest absolute Gasteiger partial charge is 0.481 e. The Labute approximate surface area is 269 Å². The van der Waals surface area contributed by atoms with Gasteiger partial charge in [0.1, 0.15) is 6.10 Å². The fourth-order valence-corrected chi connectivity index (χ4v) is 10.7. The van der Waals surface area contributed by atoms with E-state index >= 15 is 0 Å². The number of aliphatic hydroxyl groups is 5. The smallest absolute Gasteiger partial charge is 0.309 e. The maximum atomic E-state index is 13.0. The van der Waals surface area contributed by atoms with Gasteiger partial charge in [-0.15, -0.1) is 0 Å². The van der Waals surface area contributed by atoms with Crippen LogP contribution < -0.4 is 0 Å². The first-order valence-electron chi connectivity index (χ1n) is 17.0. The highest BCUT2D eigenvalue weighted by Gasteiger charge is 2.67. The zero-order valence-corrected chi connectivity index (χ0v) is 29.0. The number of hydrogen-bond donors (Lipinski definition) is 6. The zero-order chi connectivity index (χ0) is 34.1. The molecule has 0 radical (unpaired) electrons. The van der Waals surface area contributed by atoms with Gasteiger partial charge in [0, 0.05) is 5.41 Å². The molecule has 4 rings (SSSR count). The van der Waals surface area contributed by atoms with E-state index in [0.29, 0.717) is 19.3 Å². The fourth-order valence-electron chi connectivity index (χ4n) is 10.7. The van der Waals surface area contributed by atoms with Gasteiger partial charge >= 0.3 is 11.9 Å². The summed E-state index contributed by atoms with van der Waals surface area (Å²) < 4.78 is 5.86. The van der Waals surface area contributed by atoms with Crippen molar-refractivity contribution in [1.82, 2.24) is 0 Å². The van der Waals surface area contributed by atoms with Crippen molar-refractivity contribution < 1.29 is 45.0 Å². The Bertz CT molecular complexity index is 1180. The second-order valence-electron chi connectivity index (χ2n) is 17.4. The van der Waals surface area contributed by atoms with Crippen molar-refractivity contribution in [2.24, 2.45) is 39.4 Å². The Balaban J connectivity index is 1.64. The Morgan fingerprint density at radius 3 is 2.18 bits per heavy atom. The highest BCUT2D eigenvalue weighted by Crippen LogP contribution is 2.72. The summed E-state index contributed by atoms with van der Waals surface area (Å²) in [6, 6.07) is 0. The third-order valence-electron chi connectivity index (χ3n) is 13.6. The molecule has 45 heavy (non-hydrogen) atoms. The SMILES string of the molecule is C[C@H](CC[C@H](O)C(C)(C)O)[C@@H]1CC[C@@]2(C)C3=C(C[C@@H](O)[C@]12C)[C@@]1(C)C[C@H](OC(=O)C[C@](C)(O)CC(=O)O)[C@H](O)C(C)(C)[C@@H]1CC3. The molecule has 2 saturated carbocycles. The first kappa shape index (κ1) is 36.3. The number of carboxylic acids is 1. The summed E-state index contributed by atoms with van der Waals surface area (Å²) in [6.07, 6.45) is 1.63. The molecule has 258 valence electrons. The van der Waals surface area contributed by atoms with Crippen molar-refractivity contribution in [3.8, 4) is 0 Å². The molecule has 0 bridgehead atoms. The Hall–Kier alpha value is -1.52. The maximum Gasteiger partial charge on any atom is 0.309 e. The molecule has 0 unspecified atom stereocenters. The molecule has 2 fully saturated rings. The first-order chi connectivity index (χ1) is 20.4. The van der Waals surface area contributed by atoms with Crippen LogP contribution in [0.15, 0.2) is 11.1 Å². The highest BCUT2D eigenvalue weighted by atomic mass is 16.6. The number of hydrogen-bond acceptors (Lipinski definition) is 8. The number of ether oxygens (including phenoxy) is 1. The second kappa shape index (κ2) is 11.9. The van der Waals surface area contributed by atoms with E-state index < -0.39 is 71.2 Å². The number of carbonyl (C=O) groups excluding carboxylic acids is 1. The van der Waals surface area contributed by atoms with Crippen LogP contribution in [-0.2, 0) is 14.3 Å². The topological polar surface area (TPSA) is 165 Å². The molecule has 0 aromatic heterocycles. The second-order valence-corrected chi connectivity index (χ2v) is 17.4. The number of allylic oxidation sites excluding steroid dienone is 1. The van der Waals surface area contributed by atoms with Crippen LogP contribution in [0.25, 0.3) is 0 Å². The predicted molar refractivity (Wildman–Crippen MR) is 170 cm³/mol. The normalized spacial score (nSPS) is 40.4. The van der Waals surface area contributed by atoms with Gasteiger partial charge in [-0.2, -0.15) is 0 Å². The highest BCUT2D eigenvalue weighted by molar-refractivity contribution is 5.74. The molecular weight excluding hydrogens is 576 g/mol. The van der Waals surface area contributed by atoms with E-state index in [0.717, 1.165) is 32.1 Å². The minimum absolute atomic E-state index is 0.100. The van der Waals surface area contributed by atoms with Crippen molar-refractivity contribution in [1.29, 1.82) is 0 Å². The van der Waals surface area contributed by atoms with Crippen molar-refractivity contribution in [2.75, 3.05) is 0 Å². The monoisotopic (exact) mass is 636 g/mol. The maximum absolute atomic E-state index is 13.0. The molecule has 0 aromatic carbocycles. The van der Waals surface area contributed by atoms with Crippen LogP contribution in [0.4, 0.5) is 0 Å². The minimum atomic E-state index is -1.76. The summed E-state index contributed by atoms with van der Waals surface area (Å²) in [5.41, 5.74) is -1.91. The molecule has 4 aliphatic carbocycles. The van der Waals surface area contributed by atoms with Gasteiger partial charge in [0.05, 0.1) is 42.4 Å². The van der Waals surface area contributed by atoms with Crippen LogP contribution in [0.5, 0.6) is 0 Å². The molecule has 0 saturated heterocycles. The van der Waals surface area contributed by atoms with Crippen LogP contribution >= 0.6 is 0 Å². The number of rotatable bonds is 10. The molecular formula is C36H60O9. The van der Waals surface area contributed by atoms with Gasteiger partial charge in [-0.1, -0.05) is 52.7 Å². The number of aliphatic carboxylic acids is 1. The minimum Gasteiger partial charge on any atom is -0.481 e. The molecule has 0 aliphatic heterocycles. The van der Waals surface area contributed by atoms with E-state index in [9.17, 15) is 35.1 Å². The number of fused-ring (bicyclic) bond motifs is 4. The standard InChI is InChI=1S/C36H60O9/c1-20(10-13-26(37)32(4,5)43)21-14-15-35(8)22-11-12-25-31(2,3)30(42)24(45-29(41)19-33(6,44)18-28(39)40)17-34(25,7)23(22)16-27(38)36(21,35)9/h20-21,24-27,30,37-38,42-44H,10-19H2,1-9H3,(H,39,40)/t20-,21+,24+,25+,26+,27-,30+,33-,34-,35+,36+/m1/s1. The van der Waals surface area contributed by atoms with Gasteiger partial charge < -0.3 is 35.4 Å². The van der Waals surface area contributed by atoms with Gasteiger partial charge in [-0.05, 0) is 106 Å². The average Bonchev–Trinajstić information content (AvgIpc) is 3.17. The number of aliphatic hydroxyl groups excluding tert-OH is 3. The van der Waals surface area contributed by atoms with E-state index in [-0.39, 0.29) is 28.6 Å². The van der Waals surface area contributed by atoms with Crippen LogP contribution in [0.1, 0.15) is 127 Å². The average molecular weight is 637 g/mol. The summed E-state index contributed by atoms with van der Waals surface area (Å²) in [7, 11) is 0. The van der Waals surface area contributed by atoms with Gasteiger partial charge in [0.25, 0.3) is 0 Å². The van der Waals surface area contributed by atoms with E-state index in [1.54, 1.807) is 13.8 Å². The lowest BCUT2D eigenvalue weighted by Crippen LogP contribution is -2.62. The van der Waals surface area contributed by atoms with Crippen molar-refractivity contribution >= 4 is 11.9 Å². The molecule has 9 nitrogen and oxygen atoms in total. The summed E-state index contributed by atoms with van der Waals surface area (Å²) in [5, 5.41) is 64.0. The molecule has 4 aliphatic rings. The lowest BCUT2D eigenvalue weighted by atomic mass is 9.42. The molecule has 0 heterocycles. The van der Waals surface area contributed by atoms with Crippen molar-refractivity contribution in [2.45, 2.75) is 162 Å². The molecule has 0 aromatic rings. The van der Waals surface area contributed by atoms with E-state index in [2.05, 4.69) is 27.7 Å². The third-order valence-corrected chi connectivity index (χ3v) is 13.6. The lowest BCUT2D eigenvalue weighted by molar-refractivity contribution is -0.193.